The Hall–Kier alpha value is -2.22. The molecule has 0 unspecified atom stereocenters. The molecule has 2 aromatic carbocycles. The first-order chi connectivity index (χ1) is 8.77. The van der Waals surface area contributed by atoms with Crippen molar-refractivity contribution in [3.05, 3.63) is 65.7 Å². The molecule has 92 valence electrons. The molecule has 0 atom stereocenters. The van der Waals surface area contributed by atoms with Crippen molar-refractivity contribution in [2.75, 3.05) is 6.61 Å². The minimum Gasteiger partial charge on any atom is -0.508 e. The van der Waals surface area contributed by atoms with Crippen LogP contribution in [0.1, 0.15) is 11.1 Å². The lowest BCUT2D eigenvalue weighted by Crippen LogP contribution is -1.95. The fourth-order valence-electron chi connectivity index (χ4n) is 1.65. The van der Waals surface area contributed by atoms with Gasteiger partial charge in [-0.05, 0) is 30.7 Å². The van der Waals surface area contributed by atoms with Gasteiger partial charge in [-0.1, -0.05) is 42.5 Å². The number of phenolic OH excluding ortho intramolecular Hbond substituents is 1. The third-order valence-electron chi connectivity index (χ3n) is 2.70. The van der Waals surface area contributed by atoms with E-state index >= 15 is 0 Å². The molecule has 0 aromatic heterocycles. The van der Waals surface area contributed by atoms with Gasteiger partial charge >= 0.3 is 0 Å². The predicted molar refractivity (Wildman–Crippen MR) is 73.8 cm³/mol. The molecule has 0 heterocycles. The molecular formula is C16H16O2. The molecule has 0 aliphatic heterocycles. The highest BCUT2D eigenvalue weighted by molar-refractivity contribution is 5.49. The first-order valence-electron chi connectivity index (χ1n) is 5.90. The van der Waals surface area contributed by atoms with Crippen LogP contribution in [0.2, 0.25) is 0 Å². The highest BCUT2D eigenvalue weighted by atomic mass is 16.5. The molecule has 0 spiro atoms. The van der Waals surface area contributed by atoms with Gasteiger partial charge in [0.25, 0.3) is 0 Å². The van der Waals surface area contributed by atoms with Crippen molar-refractivity contribution in [1.29, 1.82) is 0 Å². The summed E-state index contributed by atoms with van der Waals surface area (Å²) in [5.41, 5.74) is 1.92. The number of hydrogen-bond acceptors (Lipinski definition) is 2. The SMILES string of the molecule is Cc1c(O)cccc1OC/C=C/c1ccccc1. The first-order valence-corrected chi connectivity index (χ1v) is 5.90. The van der Waals surface area contributed by atoms with Crippen LogP contribution in [-0.4, -0.2) is 11.7 Å². The van der Waals surface area contributed by atoms with Gasteiger partial charge in [-0.2, -0.15) is 0 Å². The summed E-state index contributed by atoms with van der Waals surface area (Å²) < 4.78 is 5.59. The van der Waals surface area contributed by atoms with Gasteiger partial charge in [0.05, 0.1) is 0 Å². The summed E-state index contributed by atoms with van der Waals surface area (Å²) in [6.45, 7) is 2.32. The molecule has 0 amide bonds. The molecule has 2 heteroatoms. The van der Waals surface area contributed by atoms with Crippen LogP contribution in [-0.2, 0) is 0 Å². The van der Waals surface area contributed by atoms with Gasteiger partial charge in [0, 0.05) is 5.56 Å². The molecular weight excluding hydrogens is 224 g/mol. The van der Waals surface area contributed by atoms with E-state index < -0.39 is 0 Å². The van der Waals surface area contributed by atoms with Crippen molar-refractivity contribution in [1.82, 2.24) is 0 Å². The van der Waals surface area contributed by atoms with Crippen molar-refractivity contribution in [2.24, 2.45) is 0 Å². The van der Waals surface area contributed by atoms with Crippen LogP contribution in [0.3, 0.4) is 0 Å². The second-order valence-corrected chi connectivity index (χ2v) is 4.02. The van der Waals surface area contributed by atoms with E-state index in [2.05, 4.69) is 0 Å². The molecule has 2 nitrogen and oxygen atoms in total. The fourth-order valence-corrected chi connectivity index (χ4v) is 1.65. The number of ether oxygens (including phenoxy) is 1. The van der Waals surface area contributed by atoms with Crippen molar-refractivity contribution in [3.63, 3.8) is 0 Å². The molecule has 18 heavy (non-hydrogen) atoms. The van der Waals surface area contributed by atoms with Crippen molar-refractivity contribution < 1.29 is 9.84 Å². The molecule has 2 aromatic rings. The zero-order valence-corrected chi connectivity index (χ0v) is 10.3. The molecule has 0 saturated heterocycles. The van der Waals surface area contributed by atoms with Gasteiger partial charge in [-0.25, -0.2) is 0 Å². The van der Waals surface area contributed by atoms with Crippen LogP contribution in [0.5, 0.6) is 11.5 Å². The summed E-state index contributed by atoms with van der Waals surface area (Å²) in [4.78, 5) is 0. The Morgan fingerprint density at radius 2 is 1.83 bits per heavy atom. The lowest BCUT2D eigenvalue weighted by molar-refractivity contribution is 0.357. The highest BCUT2D eigenvalue weighted by Gasteiger charge is 2.01. The fraction of sp³-hybridized carbons (Fsp3) is 0.125. The minimum atomic E-state index is 0.263. The second kappa shape index (κ2) is 5.92. The number of aromatic hydroxyl groups is 1. The summed E-state index contributed by atoms with van der Waals surface area (Å²) >= 11 is 0. The van der Waals surface area contributed by atoms with E-state index in [1.807, 2.05) is 55.5 Å². The van der Waals surface area contributed by atoms with Gasteiger partial charge in [0.2, 0.25) is 0 Å². The molecule has 0 saturated carbocycles. The number of hydrogen-bond donors (Lipinski definition) is 1. The molecule has 0 aliphatic carbocycles. The van der Waals surface area contributed by atoms with Crippen LogP contribution in [0.25, 0.3) is 6.08 Å². The number of rotatable bonds is 4. The van der Waals surface area contributed by atoms with E-state index in [-0.39, 0.29) is 5.75 Å². The third-order valence-corrected chi connectivity index (χ3v) is 2.70. The maximum Gasteiger partial charge on any atom is 0.126 e. The standard InChI is InChI=1S/C16H16O2/c1-13-15(17)10-5-11-16(13)18-12-6-9-14-7-3-2-4-8-14/h2-11,17H,12H2,1H3/b9-6+. The van der Waals surface area contributed by atoms with E-state index in [0.717, 1.165) is 11.1 Å². The van der Waals surface area contributed by atoms with E-state index in [0.29, 0.717) is 12.4 Å². The zero-order valence-electron chi connectivity index (χ0n) is 10.3. The Bertz CT molecular complexity index is 530. The quantitative estimate of drug-likeness (QED) is 0.881. The van der Waals surface area contributed by atoms with Crippen LogP contribution in [0.4, 0.5) is 0 Å². The number of benzene rings is 2. The van der Waals surface area contributed by atoms with E-state index in [9.17, 15) is 5.11 Å². The molecule has 1 N–H and O–H groups in total. The normalized spacial score (nSPS) is 10.7. The summed E-state index contributed by atoms with van der Waals surface area (Å²) in [7, 11) is 0. The van der Waals surface area contributed by atoms with Crippen LogP contribution in [0.15, 0.2) is 54.6 Å². The summed E-state index contributed by atoms with van der Waals surface area (Å²) in [6.07, 6.45) is 3.97. The summed E-state index contributed by atoms with van der Waals surface area (Å²) in [5.74, 6) is 0.979. The van der Waals surface area contributed by atoms with Gasteiger partial charge < -0.3 is 9.84 Å². The molecule has 0 fully saturated rings. The predicted octanol–water partition coefficient (Wildman–Crippen LogP) is 3.79. The smallest absolute Gasteiger partial charge is 0.126 e. The molecule has 2 rings (SSSR count). The Kier molecular flexibility index (Phi) is 4.02. The third kappa shape index (κ3) is 3.14. The maximum absolute atomic E-state index is 9.54. The lowest BCUT2D eigenvalue weighted by atomic mass is 10.2. The second-order valence-electron chi connectivity index (χ2n) is 4.02. The van der Waals surface area contributed by atoms with Gasteiger partial charge in [-0.3, -0.25) is 0 Å². The van der Waals surface area contributed by atoms with Crippen LogP contribution in [0, 0.1) is 6.92 Å². The van der Waals surface area contributed by atoms with Crippen LogP contribution >= 0.6 is 0 Å². The number of phenols is 1. The highest BCUT2D eigenvalue weighted by Crippen LogP contribution is 2.25. The zero-order chi connectivity index (χ0) is 12.8. The average Bonchev–Trinajstić information content (AvgIpc) is 2.40. The van der Waals surface area contributed by atoms with E-state index in [1.54, 1.807) is 12.1 Å². The van der Waals surface area contributed by atoms with Crippen molar-refractivity contribution >= 4 is 6.08 Å². The van der Waals surface area contributed by atoms with Crippen molar-refractivity contribution in [3.8, 4) is 11.5 Å². The monoisotopic (exact) mass is 240 g/mol. The Balaban J connectivity index is 1.93. The lowest BCUT2D eigenvalue weighted by Gasteiger charge is -2.07. The van der Waals surface area contributed by atoms with E-state index in [1.165, 1.54) is 0 Å². The topological polar surface area (TPSA) is 29.5 Å². The van der Waals surface area contributed by atoms with Crippen molar-refractivity contribution in [2.45, 2.75) is 6.92 Å². The molecule has 0 aliphatic rings. The Morgan fingerprint density at radius 1 is 1.06 bits per heavy atom. The maximum atomic E-state index is 9.54. The minimum absolute atomic E-state index is 0.263. The van der Waals surface area contributed by atoms with E-state index in [4.69, 9.17) is 4.74 Å². The average molecular weight is 240 g/mol. The van der Waals surface area contributed by atoms with Gasteiger partial charge in [0.15, 0.2) is 0 Å². The van der Waals surface area contributed by atoms with Gasteiger partial charge in [0.1, 0.15) is 18.1 Å². The summed E-state index contributed by atoms with van der Waals surface area (Å²) in [6, 6.07) is 15.3. The molecule has 0 radical (unpaired) electrons. The van der Waals surface area contributed by atoms with Gasteiger partial charge in [-0.15, -0.1) is 0 Å². The largest absolute Gasteiger partial charge is 0.508 e. The molecule has 0 bridgehead atoms. The Labute approximate surface area is 107 Å². The van der Waals surface area contributed by atoms with Crippen LogP contribution < -0.4 is 4.74 Å². The first kappa shape index (κ1) is 12.2. The Morgan fingerprint density at radius 3 is 2.61 bits per heavy atom. The summed E-state index contributed by atoms with van der Waals surface area (Å²) in [5, 5.41) is 9.54.